The quantitative estimate of drug-likeness (QED) is 0.472. The molecule has 0 amide bonds. The molecular weight excluding hydrogens is 162 g/mol. The van der Waals surface area contributed by atoms with Gasteiger partial charge in [0, 0.05) is 11.9 Å². The number of aryl methyl sites for hydroxylation is 1. The van der Waals surface area contributed by atoms with Crippen LogP contribution < -0.4 is 17.0 Å². The molecule has 1 aromatic rings. The van der Waals surface area contributed by atoms with E-state index in [1.54, 1.807) is 0 Å². The first-order chi connectivity index (χ1) is 6.36. The molecule has 5 N–H and O–H groups in total. The summed E-state index contributed by atoms with van der Waals surface area (Å²) in [6.07, 6.45) is 3.30. The molecule has 0 radical (unpaired) electrons. The lowest BCUT2D eigenvalue weighted by atomic mass is 10.1. The van der Waals surface area contributed by atoms with E-state index in [0.29, 0.717) is 0 Å². The Morgan fingerprint density at radius 2 is 2.00 bits per heavy atom. The van der Waals surface area contributed by atoms with E-state index in [4.69, 9.17) is 11.6 Å². The summed E-state index contributed by atoms with van der Waals surface area (Å²) in [6.45, 7) is 0. The van der Waals surface area contributed by atoms with Crippen LogP contribution in [0, 0.1) is 0 Å². The zero-order valence-corrected chi connectivity index (χ0v) is 7.53. The molecule has 0 bridgehead atoms. The third kappa shape index (κ3) is 3.17. The van der Waals surface area contributed by atoms with Crippen LogP contribution in [-0.4, -0.2) is 0 Å². The van der Waals surface area contributed by atoms with Gasteiger partial charge < -0.3 is 11.2 Å². The summed E-state index contributed by atoms with van der Waals surface area (Å²) >= 11 is 0. The van der Waals surface area contributed by atoms with Gasteiger partial charge in [-0.15, -0.1) is 0 Å². The number of hydrogen-bond acceptors (Lipinski definition) is 3. The van der Waals surface area contributed by atoms with Crippen molar-refractivity contribution in [1.82, 2.24) is 5.43 Å². The molecule has 3 nitrogen and oxygen atoms in total. The fourth-order valence-corrected chi connectivity index (χ4v) is 1.13. The third-order valence-corrected chi connectivity index (χ3v) is 1.91. The molecule has 0 fully saturated rings. The van der Waals surface area contributed by atoms with E-state index in [9.17, 15) is 0 Å². The number of benzene rings is 1. The summed E-state index contributed by atoms with van der Waals surface area (Å²) in [4.78, 5) is 0. The van der Waals surface area contributed by atoms with Crippen molar-refractivity contribution < 1.29 is 0 Å². The molecule has 0 aliphatic carbocycles. The second-order valence-corrected chi connectivity index (χ2v) is 2.82. The molecule has 0 aromatic heterocycles. The van der Waals surface area contributed by atoms with E-state index < -0.39 is 0 Å². The summed E-state index contributed by atoms with van der Waals surface area (Å²) in [7, 11) is 0. The molecule has 13 heavy (non-hydrogen) atoms. The minimum atomic E-state index is 0.844. The maximum Gasteiger partial charge on any atom is 0.0416 e. The molecule has 0 atom stereocenters. The van der Waals surface area contributed by atoms with Crippen LogP contribution in [0.3, 0.4) is 0 Å². The van der Waals surface area contributed by atoms with Gasteiger partial charge in [0.25, 0.3) is 0 Å². The van der Waals surface area contributed by atoms with Crippen LogP contribution in [-0.2, 0) is 6.42 Å². The highest BCUT2D eigenvalue weighted by Crippen LogP contribution is 2.05. The second kappa shape index (κ2) is 5.22. The Bertz CT molecular complexity index is 267. The van der Waals surface area contributed by atoms with Gasteiger partial charge in [0.2, 0.25) is 0 Å². The molecule has 0 unspecified atom stereocenters. The molecule has 70 valence electrons. The largest absolute Gasteiger partial charge is 0.403 e. The average Bonchev–Trinajstić information content (AvgIpc) is 2.21. The van der Waals surface area contributed by atoms with Gasteiger partial charge in [0.1, 0.15) is 0 Å². The van der Waals surface area contributed by atoms with Crippen molar-refractivity contribution in [2.75, 3.05) is 0 Å². The van der Waals surface area contributed by atoms with E-state index in [1.165, 1.54) is 11.8 Å². The van der Waals surface area contributed by atoms with E-state index in [1.807, 2.05) is 18.2 Å². The second-order valence-electron chi connectivity index (χ2n) is 2.82. The molecule has 1 rings (SSSR count). The fraction of sp³-hybridized carbons (Fsp3) is 0.200. The Kier molecular flexibility index (Phi) is 3.85. The van der Waals surface area contributed by atoms with Crippen LogP contribution in [0.2, 0.25) is 0 Å². The summed E-state index contributed by atoms with van der Waals surface area (Å²) in [6, 6.07) is 10.2. The molecular formula is C10H15N3. The van der Waals surface area contributed by atoms with E-state index in [-0.39, 0.29) is 0 Å². The summed E-state index contributed by atoms with van der Waals surface area (Å²) < 4.78 is 0. The Labute approximate surface area is 78.4 Å². The number of nitrogens with one attached hydrogen (secondary N) is 1. The van der Waals surface area contributed by atoms with Crippen molar-refractivity contribution in [3.05, 3.63) is 47.8 Å². The lowest BCUT2D eigenvalue weighted by molar-refractivity contribution is 0.782. The summed E-state index contributed by atoms with van der Waals surface area (Å²) in [5.74, 6) is 5.25. The van der Waals surface area contributed by atoms with Gasteiger partial charge in [0.05, 0.1) is 0 Å². The molecule has 3 heteroatoms. The molecule has 0 aliphatic heterocycles. The smallest absolute Gasteiger partial charge is 0.0416 e. The van der Waals surface area contributed by atoms with Crippen LogP contribution in [0.15, 0.2) is 42.2 Å². The van der Waals surface area contributed by atoms with Crippen molar-refractivity contribution in [2.45, 2.75) is 12.8 Å². The monoisotopic (exact) mass is 177 g/mol. The standard InChI is InChI=1S/C10H15N3/c11-8-10(13-12)7-6-9-4-2-1-3-5-9/h1-5,8,13H,6-7,11-12H2/b10-8-. The van der Waals surface area contributed by atoms with Gasteiger partial charge in [-0.05, 0) is 18.4 Å². The van der Waals surface area contributed by atoms with Crippen LogP contribution in [0.1, 0.15) is 12.0 Å². The molecule has 0 aliphatic rings. The highest BCUT2D eigenvalue weighted by Gasteiger charge is 1.95. The fourth-order valence-electron chi connectivity index (χ4n) is 1.13. The first-order valence-electron chi connectivity index (χ1n) is 4.28. The minimum absolute atomic E-state index is 0.844. The number of allylic oxidation sites excluding steroid dienone is 1. The highest BCUT2D eigenvalue weighted by molar-refractivity contribution is 5.16. The first kappa shape index (κ1) is 9.61. The van der Waals surface area contributed by atoms with Gasteiger partial charge in [-0.3, -0.25) is 5.84 Å². The molecule has 0 saturated carbocycles. The van der Waals surface area contributed by atoms with Crippen LogP contribution >= 0.6 is 0 Å². The number of nitrogens with two attached hydrogens (primary N) is 2. The van der Waals surface area contributed by atoms with Crippen LogP contribution in [0.4, 0.5) is 0 Å². The van der Waals surface area contributed by atoms with Gasteiger partial charge >= 0.3 is 0 Å². The van der Waals surface area contributed by atoms with E-state index >= 15 is 0 Å². The first-order valence-corrected chi connectivity index (χ1v) is 4.28. The zero-order valence-electron chi connectivity index (χ0n) is 7.53. The molecule has 1 aromatic carbocycles. The Hall–Kier alpha value is -1.48. The summed E-state index contributed by atoms with van der Waals surface area (Å²) in [5, 5.41) is 0. The lowest BCUT2D eigenvalue weighted by Gasteiger charge is -2.04. The van der Waals surface area contributed by atoms with Gasteiger partial charge in [0.15, 0.2) is 0 Å². The maximum absolute atomic E-state index is 5.34. The van der Waals surface area contributed by atoms with Crippen LogP contribution in [0.5, 0.6) is 0 Å². The van der Waals surface area contributed by atoms with E-state index in [2.05, 4.69) is 17.6 Å². The zero-order chi connectivity index (χ0) is 9.52. The molecule has 0 spiro atoms. The number of rotatable bonds is 4. The predicted molar refractivity (Wildman–Crippen MR) is 54.4 cm³/mol. The predicted octanol–water partition coefficient (Wildman–Crippen LogP) is 0.883. The maximum atomic E-state index is 5.34. The Morgan fingerprint density at radius 3 is 2.54 bits per heavy atom. The summed E-state index contributed by atoms with van der Waals surface area (Å²) in [5.41, 5.74) is 10.1. The average molecular weight is 177 g/mol. The van der Waals surface area contributed by atoms with Crippen molar-refractivity contribution in [2.24, 2.45) is 11.6 Å². The SMILES string of the molecule is N/C=C(/CCc1ccccc1)NN. The Balaban J connectivity index is 2.43. The highest BCUT2D eigenvalue weighted by atomic mass is 15.2. The van der Waals surface area contributed by atoms with E-state index in [0.717, 1.165) is 18.5 Å². The van der Waals surface area contributed by atoms with Gasteiger partial charge in [-0.2, -0.15) is 0 Å². The number of hydrazine groups is 1. The van der Waals surface area contributed by atoms with Gasteiger partial charge in [-0.1, -0.05) is 30.3 Å². The topological polar surface area (TPSA) is 64.1 Å². The van der Waals surface area contributed by atoms with Crippen molar-refractivity contribution in [1.29, 1.82) is 0 Å². The van der Waals surface area contributed by atoms with Gasteiger partial charge in [-0.25, -0.2) is 0 Å². The third-order valence-electron chi connectivity index (χ3n) is 1.91. The number of hydrogen-bond donors (Lipinski definition) is 3. The lowest BCUT2D eigenvalue weighted by Crippen LogP contribution is -2.22. The van der Waals surface area contributed by atoms with Crippen molar-refractivity contribution in [3.63, 3.8) is 0 Å². The van der Waals surface area contributed by atoms with Crippen molar-refractivity contribution >= 4 is 0 Å². The van der Waals surface area contributed by atoms with Crippen molar-refractivity contribution in [3.8, 4) is 0 Å². The Morgan fingerprint density at radius 1 is 1.31 bits per heavy atom. The minimum Gasteiger partial charge on any atom is -0.403 e. The normalized spacial score (nSPS) is 11.3. The molecule has 0 saturated heterocycles. The van der Waals surface area contributed by atoms with Crippen LogP contribution in [0.25, 0.3) is 0 Å². The molecule has 0 heterocycles.